The van der Waals surface area contributed by atoms with E-state index in [4.69, 9.17) is 0 Å². The van der Waals surface area contributed by atoms with Crippen LogP contribution < -0.4 is 0 Å². The van der Waals surface area contributed by atoms with Crippen molar-refractivity contribution in [3.8, 4) is 0 Å². The fourth-order valence-corrected chi connectivity index (χ4v) is 1.83. The Bertz CT molecular complexity index is 393. The normalized spacial score (nSPS) is 19.4. The van der Waals surface area contributed by atoms with E-state index in [0.29, 0.717) is 5.92 Å². The zero-order chi connectivity index (χ0) is 10.5. The summed E-state index contributed by atoms with van der Waals surface area (Å²) in [5.74, 6) is 0.498. The summed E-state index contributed by atoms with van der Waals surface area (Å²) in [7, 11) is 0. The summed E-state index contributed by atoms with van der Waals surface area (Å²) in [6.45, 7) is 2.24. The van der Waals surface area contributed by atoms with Gasteiger partial charge in [0.15, 0.2) is 0 Å². The van der Waals surface area contributed by atoms with Gasteiger partial charge in [-0.1, -0.05) is 67.6 Å². The molecule has 0 saturated heterocycles. The lowest BCUT2D eigenvalue weighted by atomic mass is 9.96. The van der Waals surface area contributed by atoms with Crippen molar-refractivity contribution in [3.05, 3.63) is 71.8 Å². The smallest absolute Gasteiger partial charge is 0.000451 e. The average molecular weight is 196 g/mol. The molecule has 0 bridgehead atoms. The van der Waals surface area contributed by atoms with Gasteiger partial charge in [-0.25, -0.2) is 0 Å². The van der Waals surface area contributed by atoms with Gasteiger partial charge < -0.3 is 0 Å². The summed E-state index contributed by atoms with van der Waals surface area (Å²) >= 11 is 0. The molecule has 0 saturated carbocycles. The van der Waals surface area contributed by atoms with Crippen LogP contribution in [0.25, 0.3) is 0 Å². The van der Waals surface area contributed by atoms with E-state index in [9.17, 15) is 0 Å². The minimum atomic E-state index is 0.498. The largest absolute Gasteiger partial charge is 0.0801 e. The van der Waals surface area contributed by atoms with Crippen LogP contribution in [0.1, 0.15) is 24.8 Å². The highest BCUT2D eigenvalue weighted by atomic mass is 14.1. The molecule has 1 aromatic carbocycles. The first-order chi connectivity index (χ1) is 7.36. The maximum absolute atomic E-state index is 2.34. The van der Waals surface area contributed by atoms with Crippen LogP contribution in [-0.2, 0) is 0 Å². The zero-order valence-corrected chi connectivity index (χ0v) is 9.06. The van der Waals surface area contributed by atoms with Gasteiger partial charge in [0.25, 0.3) is 0 Å². The topological polar surface area (TPSA) is 0 Å². The van der Waals surface area contributed by atoms with Crippen LogP contribution in [0.2, 0.25) is 0 Å². The first-order valence-corrected chi connectivity index (χ1v) is 5.45. The molecule has 0 heteroatoms. The molecule has 1 aliphatic carbocycles. The van der Waals surface area contributed by atoms with Crippen molar-refractivity contribution in [2.24, 2.45) is 0 Å². The predicted molar refractivity (Wildman–Crippen MR) is 65.8 cm³/mol. The summed E-state index contributed by atoms with van der Waals surface area (Å²) in [5.41, 5.74) is 2.79. The van der Waals surface area contributed by atoms with Crippen molar-refractivity contribution in [3.63, 3.8) is 0 Å². The molecule has 0 radical (unpaired) electrons. The molecule has 2 rings (SSSR count). The molecule has 0 N–H and O–H groups in total. The summed E-state index contributed by atoms with van der Waals surface area (Å²) in [6, 6.07) is 10.6. The van der Waals surface area contributed by atoms with Gasteiger partial charge in [-0.3, -0.25) is 0 Å². The van der Waals surface area contributed by atoms with Crippen molar-refractivity contribution in [1.82, 2.24) is 0 Å². The van der Waals surface area contributed by atoms with Gasteiger partial charge >= 0.3 is 0 Å². The van der Waals surface area contributed by atoms with Gasteiger partial charge in [-0.05, 0) is 23.5 Å². The number of hydrogen-bond acceptors (Lipinski definition) is 0. The monoisotopic (exact) mass is 196 g/mol. The fraction of sp³-hybridized carbons (Fsp3) is 0.200. The van der Waals surface area contributed by atoms with Gasteiger partial charge in [0, 0.05) is 0 Å². The Morgan fingerprint density at radius 1 is 1.13 bits per heavy atom. The molecule has 0 amide bonds. The Morgan fingerprint density at radius 2 is 1.93 bits per heavy atom. The Labute approximate surface area is 91.6 Å². The van der Waals surface area contributed by atoms with Crippen LogP contribution in [0.4, 0.5) is 0 Å². The number of benzene rings is 1. The van der Waals surface area contributed by atoms with E-state index in [0.717, 1.165) is 6.42 Å². The van der Waals surface area contributed by atoms with Gasteiger partial charge in [0.2, 0.25) is 0 Å². The lowest BCUT2D eigenvalue weighted by Gasteiger charge is -2.09. The minimum absolute atomic E-state index is 0.498. The lowest BCUT2D eigenvalue weighted by molar-refractivity contribution is 0.950. The third-order valence-electron chi connectivity index (χ3n) is 2.70. The molecule has 1 unspecified atom stereocenters. The maximum atomic E-state index is 2.34. The second-order valence-electron chi connectivity index (χ2n) is 3.93. The Morgan fingerprint density at radius 3 is 2.60 bits per heavy atom. The van der Waals surface area contributed by atoms with Gasteiger partial charge in [0.1, 0.15) is 0 Å². The number of rotatable bonds is 2. The molecule has 1 atom stereocenters. The average Bonchev–Trinajstić information content (AvgIpc) is 2.31. The minimum Gasteiger partial charge on any atom is -0.0801 e. The molecule has 0 nitrogen and oxygen atoms in total. The molecular formula is C15H16. The van der Waals surface area contributed by atoms with Crippen molar-refractivity contribution >= 4 is 0 Å². The molecule has 1 aliphatic rings. The van der Waals surface area contributed by atoms with Crippen LogP contribution in [0.5, 0.6) is 0 Å². The lowest BCUT2D eigenvalue weighted by Crippen LogP contribution is -1.91. The standard InChI is InChI=1S/C15H16/c1-13(15-10-6-3-7-11-15)12-14-8-4-2-5-9-14/h2-8,10-13H,9H2,1H3. The molecule has 76 valence electrons. The zero-order valence-electron chi connectivity index (χ0n) is 9.06. The van der Waals surface area contributed by atoms with Crippen molar-refractivity contribution in [1.29, 1.82) is 0 Å². The molecule has 0 heterocycles. The highest BCUT2D eigenvalue weighted by molar-refractivity contribution is 5.33. The van der Waals surface area contributed by atoms with E-state index < -0.39 is 0 Å². The van der Waals surface area contributed by atoms with Crippen molar-refractivity contribution < 1.29 is 0 Å². The number of allylic oxidation sites excluding steroid dienone is 6. The summed E-state index contributed by atoms with van der Waals surface area (Å²) in [5, 5.41) is 0. The third kappa shape index (κ3) is 2.69. The highest BCUT2D eigenvalue weighted by Gasteiger charge is 2.02. The fourth-order valence-electron chi connectivity index (χ4n) is 1.83. The van der Waals surface area contributed by atoms with Crippen molar-refractivity contribution in [2.45, 2.75) is 19.3 Å². The van der Waals surface area contributed by atoms with E-state index in [1.54, 1.807) is 0 Å². The Kier molecular flexibility index (Phi) is 3.18. The number of hydrogen-bond donors (Lipinski definition) is 0. The van der Waals surface area contributed by atoms with E-state index in [-0.39, 0.29) is 0 Å². The van der Waals surface area contributed by atoms with E-state index >= 15 is 0 Å². The summed E-state index contributed by atoms with van der Waals surface area (Å²) in [6.07, 6.45) is 12.0. The SMILES string of the molecule is CC(C=C1C=CC=CC1)c1ccccc1. The third-order valence-corrected chi connectivity index (χ3v) is 2.70. The first kappa shape index (κ1) is 9.97. The van der Waals surface area contributed by atoms with E-state index in [1.165, 1.54) is 11.1 Å². The molecule has 1 aromatic rings. The second-order valence-corrected chi connectivity index (χ2v) is 3.93. The van der Waals surface area contributed by atoms with Crippen LogP contribution in [-0.4, -0.2) is 0 Å². The van der Waals surface area contributed by atoms with Crippen LogP contribution in [0.3, 0.4) is 0 Å². The molecule has 0 aliphatic heterocycles. The molecule has 15 heavy (non-hydrogen) atoms. The summed E-state index contributed by atoms with van der Waals surface area (Å²) in [4.78, 5) is 0. The highest BCUT2D eigenvalue weighted by Crippen LogP contribution is 2.20. The Balaban J connectivity index is 2.13. The molecule has 0 fully saturated rings. The second kappa shape index (κ2) is 4.79. The van der Waals surface area contributed by atoms with Crippen LogP contribution in [0, 0.1) is 0 Å². The van der Waals surface area contributed by atoms with Crippen LogP contribution in [0.15, 0.2) is 66.3 Å². The quantitative estimate of drug-likeness (QED) is 0.664. The van der Waals surface area contributed by atoms with E-state index in [2.05, 4.69) is 67.6 Å². The molecule has 0 spiro atoms. The van der Waals surface area contributed by atoms with Gasteiger partial charge in [-0.2, -0.15) is 0 Å². The van der Waals surface area contributed by atoms with Gasteiger partial charge in [0.05, 0.1) is 0 Å². The molecule has 0 aromatic heterocycles. The van der Waals surface area contributed by atoms with Crippen molar-refractivity contribution in [2.75, 3.05) is 0 Å². The Hall–Kier alpha value is -1.56. The predicted octanol–water partition coefficient (Wildman–Crippen LogP) is 4.23. The summed E-state index contributed by atoms with van der Waals surface area (Å²) < 4.78 is 0. The molecular weight excluding hydrogens is 180 g/mol. The van der Waals surface area contributed by atoms with Crippen LogP contribution >= 0.6 is 0 Å². The maximum Gasteiger partial charge on any atom is -0.000451 e. The van der Waals surface area contributed by atoms with Gasteiger partial charge in [-0.15, -0.1) is 0 Å². The van der Waals surface area contributed by atoms with E-state index in [1.807, 2.05) is 0 Å². The first-order valence-electron chi connectivity index (χ1n) is 5.45.